The quantitative estimate of drug-likeness (QED) is 0.830. The summed E-state index contributed by atoms with van der Waals surface area (Å²) >= 11 is 13.3. The van der Waals surface area contributed by atoms with Gasteiger partial charge in [0.25, 0.3) is 0 Å². The molecule has 0 saturated carbocycles. The van der Waals surface area contributed by atoms with Crippen LogP contribution in [0, 0.1) is 0 Å². The Morgan fingerprint density at radius 2 is 2.09 bits per heavy atom. The molecule has 2 atom stereocenters. The average Bonchev–Trinajstić information content (AvgIpc) is 2.83. The van der Waals surface area contributed by atoms with Crippen molar-refractivity contribution in [2.45, 2.75) is 30.3 Å². The third kappa shape index (κ3) is 4.12. The fraction of sp³-hybridized carbons (Fsp3) is 0.385. The van der Waals surface area contributed by atoms with Gasteiger partial charge in [0, 0.05) is 17.1 Å². The average molecular weight is 360 g/mol. The van der Waals surface area contributed by atoms with Crippen LogP contribution < -0.4 is 5.32 Å². The number of halogens is 2. The molecule has 1 heterocycles. The number of amides is 1. The third-order valence-electron chi connectivity index (χ3n) is 3.02. The van der Waals surface area contributed by atoms with Gasteiger partial charge in [0.1, 0.15) is 0 Å². The van der Waals surface area contributed by atoms with Gasteiger partial charge in [-0.25, -0.2) is 4.68 Å². The van der Waals surface area contributed by atoms with Gasteiger partial charge in [0.05, 0.1) is 11.3 Å². The molecule has 1 amide bonds. The number of carbonyl (C=O) groups is 1. The van der Waals surface area contributed by atoms with Gasteiger partial charge in [0.15, 0.2) is 0 Å². The van der Waals surface area contributed by atoms with E-state index in [9.17, 15) is 4.79 Å². The molecule has 0 unspecified atom stereocenters. The highest BCUT2D eigenvalue weighted by molar-refractivity contribution is 8.00. The number of thioether (sulfide) groups is 1. The van der Waals surface area contributed by atoms with Crippen molar-refractivity contribution in [1.82, 2.24) is 25.5 Å². The number of aryl methyl sites for hydroxylation is 1. The standard InChI is InChI=1S/C13H15Cl2N5OS/c1-7(10-5-4-9(14)6-11(10)15)16-12(21)8(2)22-13-17-18-19-20(13)3/h4-8H,1-3H3,(H,16,21)/t7-,8+/m0/s1. The summed E-state index contributed by atoms with van der Waals surface area (Å²) in [6.07, 6.45) is 0. The fourth-order valence-electron chi connectivity index (χ4n) is 1.79. The van der Waals surface area contributed by atoms with E-state index >= 15 is 0 Å². The number of tetrazole rings is 1. The lowest BCUT2D eigenvalue weighted by molar-refractivity contribution is -0.120. The van der Waals surface area contributed by atoms with Crippen LogP contribution in [0.15, 0.2) is 23.4 Å². The van der Waals surface area contributed by atoms with Crippen LogP contribution >= 0.6 is 35.0 Å². The number of hydrogen-bond acceptors (Lipinski definition) is 5. The van der Waals surface area contributed by atoms with Gasteiger partial charge >= 0.3 is 0 Å². The molecule has 22 heavy (non-hydrogen) atoms. The summed E-state index contributed by atoms with van der Waals surface area (Å²) in [6, 6.07) is 4.98. The van der Waals surface area contributed by atoms with E-state index in [1.165, 1.54) is 16.4 Å². The molecule has 0 aliphatic heterocycles. The third-order valence-corrected chi connectivity index (χ3v) is 4.71. The van der Waals surface area contributed by atoms with Crippen molar-refractivity contribution in [2.24, 2.45) is 7.05 Å². The van der Waals surface area contributed by atoms with E-state index in [1.807, 2.05) is 6.92 Å². The zero-order valence-corrected chi connectivity index (χ0v) is 14.6. The number of benzene rings is 1. The summed E-state index contributed by atoms with van der Waals surface area (Å²) < 4.78 is 1.52. The predicted molar refractivity (Wildman–Crippen MR) is 87.1 cm³/mol. The Morgan fingerprint density at radius 1 is 1.36 bits per heavy atom. The Morgan fingerprint density at radius 3 is 2.68 bits per heavy atom. The van der Waals surface area contributed by atoms with Crippen LogP contribution in [0.3, 0.4) is 0 Å². The SMILES string of the molecule is C[C@H](NC(=O)[C@@H](C)Sc1nnnn1C)c1ccc(Cl)cc1Cl. The number of aromatic nitrogens is 4. The Hall–Kier alpha value is -1.31. The molecule has 1 aromatic heterocycles. The summed E-state index contributed by atoms with van der Waals surface area (Å²) in [6.45, 7) is 3.67. The van der Waals surface area contributed by atoms with Crippen LogP contribution in [-0.2, 0) is 11.8 Å². The first-order chi connectivity index (χ1) is 10.4. The van der Waals surface area contributed by atoms with Gasteiger partial charge in [-0.1, -0.05) is 41.0 Å². The number of nitrogens with zero attached hydrogens (tertiary/aromatic N) is 4. The smallest absolute Gasteiger partial charge is 0.233 e. The lowest BCUT2D eigenvalue weighted by Gasteiger charge is -2.18. The second-order valence-corrected chi connectivity index (χ2v) is 6.89. The van der Waals surface area contributed by atoms with Crippen molar-refractivity contribution in [1.29, 1.82) is 0 Å². The number of hydrogen-bond donors (Lipinski definition) is 1. The first-order valence-electron chi connectivity index (χ1n) is 6.53. The molecule has 9 heteroatoms. The number of nitrogens with one attached hydrogen (secondary N) is 1. The van der Waals surface area contributed by atoms with E-state index < -0.39 is 0 Å². The van der Waals surface area contributed by atoms with Crippen LogP contribution in [0.5, 0.6) is 0 Å². The molecule has 0 radical (unpaired) electrons. The number of carbonyl (C=O) groups excluding carboxylic acids is 1. The summed E-state index contributed by atoms with van der Waals surface area (Å²) in [5.74, 6) is -0.119. The van der Waals surface area contributed by atoms with Crippen molar-refractivity contribution < 1.29 is 4.79 Å². The van der Waals surface area contributed by atoms with Crippen LogP contribution in [0.4, 0.5) is 0 Å². The molecule has 118 valence electrons. The molecular weight excluding hydrogens is 345 g/mol. The van der Waals surface area contributed by atoms with Crippen molar-refractivity contribution >= 4 is 40.9 Å². The van der Waals surface area contributed by atoms with Crippen LogP contribution in [0.2, 0.25) is 10.0 Å². The maximum atomic E-state index is 12.3. The van der Waals surface area contributed by atoms with E-state index in [1.54, 1.807) is 32.2 Å². The lowest BCUT2D eigenvalue weighted by atomic mass is 10.1. The minimum Gasteiger partial charge on any atom is -0.349 e. The molecule has 0 saturated heterocycles. The Bertz CT molecular complexity index is 678. The topological polar surface area (TPSA) is 72.7 Å². The minimum atomic E-state index is -0.335. The molecule has 6 nitrogen and oxygen atoms in total. The van der Waals surface area contributed by atoms with Crippen molar-refractivity contribution in [3.05, 3.63) is 33.8 Å². The first-order valence-corrected chi connectivity index (χ1v) is 8.16. The second-order valence-electron chi connectivity index (χ2n) is 4.74. The molecule has 0 spiro atoms. The highest BCUT2D eigenvalue weighted by Gasteiger charge is 2.20. The Balaban J connectivity index is 2.00. The summed E-state index contributed by atoms with van der Waals surface area (Å²) in [4.78, 5) is 12.3. The van der Waals surface area contributed by atoms with E-state index in [0.717, 1.165) is 5.56 Å². The normalized spacial score (nSPS) is 13.7. The van der Waals surface area contributed by atoms with Crippen LogP contribution in [0.1, 0.15) is 25.5 Å². The largest absolute Gasteiger partial charge is 0.349 e. The van der Waals surface area contributed by atoms with Crippen LogP contribution in [0.25, 0.3) is 0 Å². The lowest BCUT2D eigenvalue weighted by Crippen LogP contribution is -2.33. The second kappa shape index (κ2) is 7.30. The predicted octanol–water partition coefficient (Wildman–Crippen LogP) is 2.87. The number of rotatable bonds is 5. The molecule has 1 N–H and O–H groups in total. The monoisotopic (exact) mass is 359 g/mol. The van der Waals surface area contributed by atoms with E-state index in [0.29, 0.717) is 15.2 Å². The highest BCUT2D eigenvalue weighted by atomic mass is 35.5. The minimum absolute atomic E-state index is 0.119. The molecule has 0 aliphatic rings. The zero-order valence-electron chi connectivity index (χ0n) is 12.2. The molecule has 2 aromatic rings. The Kier molecular flexibility index (Phi) is 5.66. The molecule has 0 fully saturated rings. The van der Waals surface area contributed by atoms with Crippen LogP contribution in [-0.4, -0.2) is 31.4 Å². The van der Waals surface area contributed by atoms with Gasteiger partial charge in [-0.15, -0.1) is 5.10 Å². The molecule has 2 rings (SSSR count). The van der Waals surface area contributed by atoms with E-state index in [-0.39, 0.29) is 17.2 Å². The summed E-state index contributed by atoms with van der Waals surface area (Å²) in [7, 11) is 1.73. The van der Waals surface area contributed by atoms with Gasteiger partial charge in [-0.2, -0.15) is 0 Å². The van der Waals surface area contributed by atoms with Gasteiger partial charge in [-0.3, -0.25) is 4.79 Å². The van der Waals surface area contributed by atoms with Crippen molar-refractivity contribution in [2.75, 3.05) is 0 Å². The highest BCUT2D eigenvalue weighted by Crippen LogP contribution is 2.27. The maximum Gasteiger partial charge on any atom is 0.233 e. The molecule has 0 bridgehead atoms. The maximum absolute atomic E-state index is 12.3. The molecular formula is C13H15Cl2N5OS. The Labute approximate surface area is 142 Å². The first kappa shape index (κ1) is 17.1. The van der Waals surface area contributed by atoms with Crippen molar-refractivity contribution in [3.8, 4) is 0 Å². The zero-order chi connectivity index (χ0) is 16.3. The summed E-state index contributed by atoms with van der Waals surface area (Å²) in [5, 5.41) is 15.4. The van der Waals surface area contributed by atoms with E-state index in [2.05, 4.69) is 20.8 Å². The molecule has 0 aliphatic carbocycles. The van der Waals surface area contributed by atoms with Gasteiger partial charge < -0.3 is 5.32 Å². The summed E-state index contributed by atoms with van der Waals surface area (Å²) in [5.41, 5.74) is 0.817. The van der Waals surface area contributed by atoms with E-state index in [4.69, 9.17) is 23.2 Å². The fourth-order valence-corrected chi connectivity index (χ4v) is 3.13. The van der Waals surface area contributed by atoms with Gasteiger partial charge in [0.2, 0.25) is 11.1 Å². The van der Waals surface area contributed by atoms with Gasteiger partial charge in [-0.05, 0) is 42.0 Å². The van der Waals surface area contributed by atoms with Crippen molar-refractivity contribution in [3.63, 3.8) is 0 Å². The molecule has 1 aromatic carbocycles.